The average molecular weight is 396 g/mol. The number of carbonyl (C=O) groups excluding carboxylic acids is 1. The Balaban J connectivity index is 1.72. The number of halogens is 4. The maximum Gasteiger partial charge on any atom is 0.417 e. The Bertz CT molecular complexity index is 865. The van der Waals surface area contributed by atoms with Crippen molar-refractivity contribution in [3.05, 3.63) is 70.5 Å². The van der Waals surface area contributed by atoms with E-state index in [1.165, 1.54) is 4.90 Å². The van der Waals surface area contributed by atoms with Crippen LogP contribution in [0.4, 0.5) is 19.0 Å². The van der Waals surface area contributed by atoms with Crippen LogP contribution >= 0.6 is 11.6 Å². The van der Waals surface area contributed by atoms with Crippen molar-refractivity contribution in [1.29, 1.82) is 0 Å². The minimum absolute atomic E-state index is 0.119. The molecule has 0 radical (unpaired) electrons. The van der Waals surface area contributed by atoms with Crippen molar-refractivity contribution in [1.82, 2.24) is 10.3 Å². The van der Waals surface area contributed by atoms with Gasteiger partial charge in [0.05, 0.1) is 10.6 Å². The van der Waals surface area contributed by atoms with Crippen molar-refractivity contribution < 1.29 is 18.0 Å². The van der Waals surface area contributed by atoms with E-state index in [9.17, 15) is 18.0 Å². The summed E-state index contributed by atoms with van der Waals surface area (Å²) in [5, 5.41) is 2.68. The minimum Gasteiger partial charge on any atom is -0.350 e. The number of pyridine rings is 1. The number of alkyl halides is 3. The quantitative estimate of drug-likeness (QED) is 0.830. The van der Waals surface area contributed by atoms with Crippen LogP contribution in [0.15, 0.2) is 48.8 Å². The number of rotatable bonds is 4. The minimum atomic E-state index is -4.53. The van der Waals surface area contributed by atoms with Gasteiger partial charge in [-0.05, 0) is 25.0 Å². The molecule has 0 fully saturated rings. The smallest absolute Gasteiger partial charge is 0.350 e. The molecular formula is C19H17ClF3N3O. The molecule has 0 spiro atoms. The number of amides is 1. The lowest BCUT2D eigenvalue weighted by atomic mass is 10.1. The first-order chi connectivity index (χ1) is 12.8. The third-order valence-corrected chi connectivity index (χ3v) is 4.52. The molecule has 1 aromatic heterocycles. The molecule has 2 aromatic rings. The van der Waals surface area contributed by atoms with Gasteiger partial charge in [0, 0.05) is 18.9 Å². The third-order valence-electron chi connectivity index (χ3n) is 4.24. The molecule has 1 aliphatic heterocycles. The average Bonchev–Trinajstić information content (AvgIpc) is 3.09. The summed E-state index contributed by atoms with van der Waals surface area (Å²) in [4.78, 5) is 17.9. The summed E-state index contributed by atoms with van der Waals surface area (Å²) in [6.07, 6.45) is -0.0301. The van der Waals surface area contributed by atoms with Crippen molar-refractivity contribution in [2.75, 3.05) is 4.90 Å². The zero-order valence-electron chi connectivity index (χ0n) is 14.4. The number of nitrogens with one attached hydrogen (secondary N) is 1. The normalized spacial score (nSPS) is 16.6. The molecule has 8 heteroatoms. The van der Waals surface area contributed by atoms with E-state index in [1.54, 1.807) is 12.3 Å². The van der Waals surface area contributed by atoms with Crippen LogP contribution < -0.4 is 10.2 Å². The fourth-order valence-electron chi connectivity index (χ4n) is 2.76. The van der Waals surface area contributed by atoms with Crippen LogP contribution in [-0.2, 0) is 17.5 Å². The number of hydrogen-bond acceptors (Lipinski definition) is 3. The van der Waals surface area contributed by atoms with Gasteiger partial charge in [0.1, 0.15) is 6.04 Å². The molecule has 4 nitrogen and oxygen atoms in total. The van der Waals surface area contributed by atoms with Crippen LogP contribution in [0.5, 0.6) is 0 Å². The van der Waals surface area contributed by atoms with Gasteiger partial charge in [0.15, 0.2) is 5.82 Å². The molecule has 0 aliphatic carbocycles. The van der Waals surface area contributed by atoms with Crippen molar-refractivity contribution in [2.24, 2.45) is 0 Å². The number of carbonyl (C=O) groups is 1. The van der Waals surface area contributed by atoms with E-state index in [1.807, 2.05) is 31.2 Å². The fourth-order valence-corrected chi connectivity index (χ4v) is 3.02. The van der Waals surface area contributed by atoms with E-state index < -0.39 is 17.8 Å². The van der Waals surface area contributed by atoms with Crippen molar-refractivity contribution >= 4 is 23.3 Å². The number of anilines is 1. The second kappa shape index (κ2) is 7.60. The third kappa shape index (κ3) is 4.42. The Morgan fingerprint density at radius 3 is 2.67 bits per heavy atom. The highest BCUT2D eigenvalue weighted by Crippen LogP contribution is 2.35. The second-order valence-corrected chi connectivity index (χ2v) is 6.68. The Kier molecular flexibility index (Phi) is 5.41. The van der Waals surface area contributed by atoms with Gasteiger partial charge in [-0.25, -0.2) is 4.98 Å². The lowest BCUT2D eigenvalue weighted by molar-refractivity contribution is -0.137. The van der Waals surface area contributed by atoms with Crippen molar-refractivity contribution in [3.63, 3.8) is 0 Å². The van der Waals surface area contributed by atoms with Gasteiger partial charge in [0.25, 0.3) is 0 Å². The lowest BCUT2D eigenvalue weighted by Gasteiger charge is -2.25. The van der Waals surface area contributed by atoms with Crippen molar-refractivity contribution in [2.45, 2.75) is 32.1 Å². The lowest BCUT2D eigenvalue weighted by Crippen LogP contribution is -2.42. The topological polar surface area (TPSA) is 45.2 Å². The monoisotopic (exact) mass is 395 g/mol. The molecule has 1 aromatic carbocycles. The highest BCUT2D eigenvalue weighted by atomic mass is 35.5. The molecular weight excluding hydrogens is 379 g/mol. The molecule has 142 valence electrons. The number of nitrogens with zero attached hydrogens (tertiary/aromatic N) is 2. The van der Waals surface area contributed by atoms with Crippen LogP contribution in [0, 0.1) is 6.92 Å². The fraction of sp³-hybridized carbons (Fsp3) is 0.263. The maximum absolute atomic E-state index is 12.8. The Morgan fingerprint density at radius 1 is 1.33 bits per heavy atom. The summed E-state index contributed by atoms with van der Waals surface area (Å²) < 4.78 is 38.3. The SMILES string of the molecule is Cc1ccc(CNC(=O)C2CC=CN2c2ncc(C(F)(F)F)cc2Cl)cc1. The summed E-state index contributed by atoms with van der Waals surface area (Å²) in [5.41, 5.74) is 1.15. The van der Waals surface area contributed by atoms with E-state index in [0.29, 0.717) is 19.2 Å². The first-order valence-corrected chi connectivity index (χ1v) is 8.64. The Morgan fingerprint density at radius 2 is 2.04 bits per heavy atom. The van der Waals surface area contributed by atoms with Gasteiger partial charge in [-0.2, -0.15) is 13.2 Å². The van der Waals surface area contributed by atoms with Crippen LogP contribution in [0.25, 0.3) is 0 Å². The highest BCUT2D eigenvalue weighted by molar-refractivity contribution is 6.33. The van der Waals surface area contributed by atoms with Crippen LogP contribution in [0.2, 0.25) is 5.02 Å². The zero-order valence-corrected chi connectivity index (χ0v) is 15.2. The molecule has 0 saturated heterocycles. The standard InChI is InChI=1S/C19H17ClF3N3O/c1-12-4-6-13(7-5-12)10-25-18(27)16-3-2-8-26(16)17-15(20)9-14(11-24-17)19(21,22)23/h2,4-9,11,16H,3,10H2,1H3,(H,25,27). The molecule has 2 heterocycles. The summed E-state index contributed by atoms with van der Waals surface area (Å²) >= 11 is 6.00. The van der Waals surface area contributed by atoms with Crippen LogP contribution in [0.3, 0.4) is 0 Å². The maximum atomic E-state index is 12.8. The molecule has 0 bridgehead atoms. The molecule has 1 atom stereocenters. The first-order valence-electron chi connectivity index (χ1n) is 8.26. The number of aromatic nitrogens is 1. The molecule has 0 saturated carbocycles. The summed E-state index contributed by atoms with van der Waals surface area (Å²) in [5.74, 6) is -0.132. The van der Waals surface area contributed by atoms with E-state index in [-0.39, 0.29) is 16.7 Å². The van der Waals surface area contributed by atoms with Crippen LogP contribution in [-0.4, -0.2) is 16.9 Å². The predicted molar refractivity (Wildman–Crippen MR) is 97.3 cm³/mol. The van der Waals surface area contributed by atoms with Crippen molar-refractivity contribution in [3.8, 4) is 0 Å². The van der Waals surface area contributed by atoms with E-state index in [2.05, 4.69) is 10.3 Å². The van der Waals surface area contributed by atoms with Gasteiger partial charge >= 0.3 is 6.18 Å². The van der Waals surface area contributed by atoms with E-state index >= 15 is 0 Å². The van der Waals surface area contributed by atoms with Gasteiger partial charge in [-0.15, -0.1) is 0 Å². The summed E-state index contributed by atoms with van der Waals surface area (Å²) in [6, 6.07) is 7.96. The van der Waals surface area contributed by atoms with E-state index in [0.717, 1.165) is 17.2 Å². The Labute approximate surface area is 159 Å². The van der Waals surface area contributed by atoms with Gasteiger partial charge in [-0.1, -0.05) is 47.5 Å². The van der Waals surface area contributed by atoms with Gasteiger partial charge < -0.3 is 10.2 Å². The summed E-state index contributed by atoms with van der Waals surface area (Å²) in [7, 11) is 0. The molecule has 27 heavy (non-hydrogen) atoms. The van der Waals surface area contributed by atoms with E-state index in [4.69, 9.17) is 11.6 Å². The molecule has 1 aliphatic rings. The van der Waals surface area contributed by atoms with Gasteiger partial charge in [0.2, 0.25) is 5.91 Å². The zero-order chi connectivity index (χ0) is 19.6. The largest absolute Gasteiger partial charge is 0.417 e. The molecule has 3 rings (SSSR count). The van der Waals surface area contributed by atoms with Crippen LogP contribution in [0.1, 0.15) is 23.1 Å². The molecule has 1 N–H and O–H groups in total. The molecule has 1 amide bonds. The predicted octanol–water partition coefficient (Wildman–Crippen LogP) is 4.47. The second-order valence-electron chi connectivity index (χ2n) is 6.27. The first kappa shape index (κ1) is 19.2. The number of aryl methyl sites for hydroxylation is 1. The number of hydrogen-bond donors (Lipinski definition) is 1. The molecule has 1 unspecified atom stereocenters. The Hall–Kier alpha value is -2.54. The van der Waals surface area contributed by atoms with Gasteiger partial charge in [-0.3, -0.25) is 4.79 Å². The number of benzene rings is 1. The summed E-state index contributed by atoms with van der Waals surface area (Å²) in [6.45, 7) is 2.34. The highest BCUT2D eigenvalue weighted by Gasteiger charge is 2.34.